The van der Waals surface area contributed by atoms with Crippen LogP contribution in [0.2, 0.25) is 5.02 Å². The number of ether oxygens (including phenoxy) is 1. The third kappa shape index (κ3) is 3.93. The molecule has 0 radical (unpaired) electrons. The lowest BCUT2D eigenvalue weighted by Gasteiger charge is -2.16. The highest BCUT2D eigenvalue weighted by molar-refractivity contribution is 6.30. The zero-order valence-electron chi connectivity index (χ0n) is 15.0. The largest absolute Gasteiger partial charge is 0.463 e. The molecule has 27 heavy (non-hydrogen) atoms. The molecule has 1 atom stereocenters. The molecule has 1 unspecified atom stereocenters. The molecule has 2 aromatic carbocycles. The lowest BCUT2D eigenvalue weighted by atomic mass is 9.95. The fourth-order valence-corrected chi connectivity index (χ4v) is 3.59. The third-order valence-corrected chi connectivity index (χ3v) is 5.54. The van der Waals surface area contributed by atoms with Gasteiger partial charge in [-0.25, -0.2) is 4.99 Å². The van der Waals surface area contributed by atoms with Crippen LogP contribution in [0.3, 0.4) is 0 Å². The number of amidine groups is 1. The number of aliphatic imine (C=N–C) groups is 1. The van der Waals surface area contributed by atoms with Crippen molar-refractivity contribution < 1.29 is 9.53 Å². The van der Waals surface area contributed by atoms with Gasteiger partial charge < -0.3 is 15.8 Å². The first kappa shape index (κ1) is 17.9. The van der Waals surface area contributed by atoms with Crippen molar-refractivity contribution in [2.45, 2.75) is 37.1 Å². The van der Waals surface area contributed by atoms with E-state index in [2.05, 4.69) is 10.3 Å². The van der Waals surface area contributed by atoms with E-state index in [0.29, 0.717) is 11.6 Å². The molecule has 1 saturated carbocycles. The Morgan fingerprint density at radius 2 is 1.89 bits per heavy atom. The van der Waals surface area contributed by atoms with Crippen LogP contribution in [0.5, 0.6) is 0 Å². The van der Waals surface area contributed by atoms with Crippen LogP contribution in [-0.4, -0.2) is 24.6 Å². The van der Waals surface area contributed by atoms with E-state index in [-0.39, 0.29) is 18.0 Å². The van der Waals surface area contributed by atoms with E-state index in [1.54, 1.807) is 0 Å². The number of nitrogens with two attached hydrogens (primary N) is 1. The maximum absolute atomic E-state index is 12.8. The number of nitrogens with zero attached hydrogens (tertiary/aromatic N) is 1. The van der Waals surface area contributed by atoms with Crippen molar-refractivity contribution in [2.75, 3.05) is 11.9 Å². The second-order valence-corrected chi connectivity index (χ2v) is 7.65. The van der Waals surface area contributed by atoms with Crippen LogP contribution in [0.25, 0.3) is 0 Å². The van der Waals surface area contributed by atoms with Crippen molar-refractivity contribution in [3.05, 3.63) is 64.7 Å². The van der Waals surface area contributed by atoms with E-state index in [1.165, 1.54) is 5.56 Å². The van der Waals surface area contributed by atoms with E-state index in [1.807, 2.05) is 48.5 Å². The molecule has 140 valence electrons. The van der Waals surface area contributed by atoms with Gasteiger partial charge in [0.2, 0.25) is 5.91 Å². The first-order valence-corrected chi connectivity index (χ1v) is 9.55. The van der Waals surface area contributed by atoms with Crippen molar-refractivity contribution in [3.63, 3.8) is 0 Å². The van der Waals surface area contributed by atoms with E-state index < -0.39 is 5.41 Å². The fraction of sp³-hybridized carbons (Fsp3) is 0.333. The number of carbonyl (C=O) groups excluding carboxylic acids is 1. The minimum atomic E-state index is -0.413. The number of anilines is 1. The van der Waals surface area contributed by atoms with E-state index in [0.717, 1.165) is 36.9 Å². The van der Waals surface area contributed by atoms with Gasteiger partial charge in [0.15, 0.2) is 0 Å². The predicted octanol–water partition coefficient (Wildman–Crippen LogP) is 3.66. The normalized spacial score (nSPS) is 19.9. The maximum Gasteiger partial charge on any atom is 0.282 e. The standard InChI is InChI=1S/C21H22ClN3O2/c22-16-6-4-15(5-7-16)21(11-12-21)19(26)24-17-8-1-14(2-9-17)3-10-18-13-27-20(23)25-18/h1-2,4-9,18H,3,10-13H2,(H2,23,25)(H,24,26). The fourth-order valence-electron chi connectivity index (χ4n) is 3.46. The minimum Gasteiger partial charge on any atom is -0.463 e. The van der Waals surface area contributed by atoms with Gasteiger partial charge in [0, 0.05) is 10.7 Å². The SMILES string of the molecule is NC1=NC(CCc2ccc(NC(=O)C3(c4ccc(Cl)cc4)CC3)cc2)CO1. The summed E-state index contributed by atoms with van der Waals surface area (Å²) in [6, 6.07) is 16.0. The highest BCUT2D eigenvalue weighted by atomic mass is 35.5. The topological polar surface area (TPSA) is 76.7 Å². The van der Waals surface area contributed by atoms with Crippen molar-refractivity contribution >= 4 is 29.2 Å². The monoisotopic (exact) mass is 383 g/mol. The van der Waals surface area contributed by atoms with Gasteiger partial charge in [-0.15, -0.1) is 0 Å². The summed E-state index contributed by atoms with van der Waals surface area (Å²) in [6.07, 6.45) is 3.52. The van der Waals surface area contributed by atoms with Crippen molar-refractivity contribution in [2.24, 2.45) is 10.7 Å². The second-order valence-electron chi connectivity index (χ2n) is 7.21. The molecule has 1 aliphatic heterocycles. The molecule has 0 aromatic heterocycles. The lowest BCUT2D eigenvalue weighted by molar-refractivity contribution is -0.118. The molecule has 1 heterocycles. The van der Waals surface area contributed by atoms with Crippen LogP contribution in [-0.2, 0) is 21.4 Å². The Bertz CT molecular complexity index is 858. The zero-order valence-corrected chi connectivity index (χ0v) is 15.7. The van der Waals surface area contributed by atoms with Gasteiger partial charge in [-0.05, 0) is 61.1 Å². The first-order valence-electron chi connectivity index (χ1n) is 9.18. The Hall–Kier alpha value is -2.53. The van der Waals surface area contributed by atoms with Crippen molar-refractivity contribution in [1.82, 2.24) is 0 Å². The van der Waals surface area contributed by atoms with Crippen LogP contribution in [0.15, 0.2) is 53.5 Å². The average Bonchev–Trinajstić information content (AvgIpc) is 3.38. The van der Waals surface area contributed by atoms with Crippen LogP contribution < -0.4 is 11.1 Å². The molecule has 3 N–H and O–H groups in total. The van der Waals surface area contributed by atoms with E-state index in [9.17, 15) is 4.79 Å². The molecule has 5 nitrogen and oxygen atoms in total. The molecule has 1 aliphatic carbocycles. The average molecular weight is 384 g/mol. The quantitative estimate of drug-likeness (QED) is 0.799. The summed E-state index contributed by atoms with van der Waals surface area (Å²) >= 11 is 5.96. The number of benzene rings is 2. The van der Waals surface area contributed by atoms with Crippen molar-refractivity contribution in [1.29, 1.82) is 0 Å². The third-order valence-electron chi connectivity index (χ3n) is 5.29. The summed E-state index contributed by atoms with van der Waals surface area (Å²) < 4.78 is 5.17. The highest BCUT2D eigenvalue weighted by Crippen LogP contribution is 2.49. The number of hydrogen-bond acceptors (Lipinski definition) is 4. The lowest BCUT2D eigenvalue weighted by Crippen LogP contribution is -2.27. The first-order chi connectivity index (χ1) is 13.0. The molecular formula is C21H22ClN3O2. The molecule has 4 rings (SSSR count). The van der Waals surface area contributed by atoms with Crippen LogP contribution in [0, 0.1) is 0 Å². The number of halogens is 1. The zero-order chi connectivity index (χ0) is 18.9. The molecular weight excluding hydrogens is 362 g/mol. The van der Waals surface area contributed by atoms with Gasteiger partial charge >= 0.3 is 0 Å². The second kappa shape index (κ2) is 7.24. The van der Waals surface area contributed by atoms with Gasteiger partial charge in [-0.2, -0.15) is 0 Å². The van der Waals surface area contributed by atoms with Crippen LogP contribution in [0.1, 0.15) is 30.4 Å². The van der Waals surface area contributed by atoms with Gasteiger partial charge in [-0.1, -0.05) is 35.9 Å². The Kier molecular flexibility index (Phi) is 4.79. The molecule has 1 fully saturated rings. The van der Waals surface area contributed by atoms with Gasteiger partial charge in [0.05, 0.1) is 11.5 Å². The molecule has 6 heteroatoms. The number of rotatable bonds is 6. The summed E-state index contributed by atoms with van der Waals surface area (Å²) in [5.41, 5.74) is 8.16. The summed E-state index contributed by atoms with van der Waals surface area (Å²) in [7, 11) is 0. The Morgan fingerprint density at radius 3 is 2.48 bits per heavy atom. The van der Waals surface area contributed by atoms with E-state index >= 15 is 0 Å². The van der Waals surface area contributed by atoms with Gasteiger partial charge in [-0.3, -0.25) is 4.79 Å². The number of amides is 1. The molecule has 1 amide bonds. The highest BCUT2D eigenvalue weighted by Gasteiger charge is 2.51. The van der Waals surface area contributed by atoms with Gasteiger partial charge in [0.25, 0.3) is 6.02 Å². The van der Waals surface area contributed by atoms with Crippen LogP contribution >= 0.6 is 11.6 Å². The molecule has 0 saturated heterocycles. The smallest absolute Gasteiger partial charge is 0.282 e. The van der Waals surface area contributed by atoms with Gasteiger partial charge in [0.1, 0.15) is 6.61 Å². The predicted molar refractivity (Wildman–Crippen MR) is 107 cm³/mol. The summed E-state index contributed by atoms with van der Waals surface area (Å²) in [5.74, 6) is 0.0467. The molecule has 2 aromatic rings. The molecule has 2 aliphatic rings. The van der Waals surface area contributed by atoms with Crippen molar-refractivity contribution in [3.8, 4) is 0 Å². The molecule has 0 bridgehead atoms. The summed E-state index contributed by atoms with van der Waals surface area (Å²) in [5, 5.41) is 3.74. The summed E-state index contributed by atoms with van der Waals surface area (Å²) in [4.78, 5) is 17.0. The number of hydrogen-bond donors (Lipinski definition) is 2. The molecule has 0 spiro atoms. The van der Waals surface area contributed by atoms with Crippen LogP contribution in [0.4, 0.5) is 5.69 Å². The number of aryl methyl sites for hydroxylation is 1. The van der Waals surface area contributed by atoms with E-state index in [4.69, 9.17) is 22.1 Å². The Labute approximate surface area is 163 Å². The minimum absolute atomic E-state index is 0.0467. The number of nitrogens with one attached hydrogen (secondary N) is 1. The summed E-state index contributed by atoms with van der Waals surface area (Å²) in [6.45, 7) is 0.562. The maximum atomic E-state index is 12.8. The number of carbonyl (C=O) groups is 1. The Balaban J connectivity index is 1.35. The Morgan fingerprint density at radius 1 is 1.19 bits per heavy atom.